The number of nitrogens with zero attached hydrogens (tertiary/aromatic N) is 4. The van der Waals surface area contributed by atoms with Crippen molar-refractivity contribution in [2.75, 3.05) is 11.9 Å². The molecule has 0 spiro atoms. The fourth-order valence-corrected chi connectivity index (χ4v) is 3.63. The van der Waals surface area contributed by atoms with Crippen molar-refractivity contribution in [3.63, 3.8) is 0 Å². The number of amides is 1. The average molecular weight is 357 g/mol. The summed E-state index contributed by atoms with van der Waals surface area (Å²) in [4.78, 5) is 24.8. The molecule has 1 aliphatic heterocycles. The van der Waals surface area contributed by atoms with Crippen molar-refractivity contribution in [3.8, 4) is 0 Å². The van der Waals surface area contributed by atoms with Crippen molar-refractivity contribution in [2.45, 2.75) is 18.9 Å². The standard InChI is InChI=1S/C16H15N5O3S/c1-21-15(23)10-6-3-2-5-9(10)12(20-21)13(22)17-16-19-18-14(25-16)11-7-4-8-24-11/h2-3,5-6,11H,4,7-8H2,1H3,(H,17,19,22). The van der Waals surface area contributed by atoms with Crippen LogP contribution in [0.4, 0.5) is 5.13 Å². The minimum atomic E-state index is -0.429. The van der Waals surface area contributed by atoms with Crippen molar-refractivity contribution in [3.05, 3.63) is 45.3 Å². The summed E-state index contributed by atoms with van der Waals surface area (Å²) in [5.41, 5.74) is -0.0738. The van der Waals surface area contributed by atoms with Gasteiger partial charge in [0, 0.05) is 19.0 Å². The van der Waals surface area contributed by atoms with Crippen LogP contribution in [0.15, 0.2) is 29.1 Å². The van der Waals surface area contributed by atoms with Crippen LogP contribution in [0.25, 0.3) is 10.8 Å². The van der Waals surface area contributed by atoms with Gasteiger partial charge in [0.25, 0.3) is 11.5 Å². The average Bonchev–Trinajstić information content (AvgIpc) is 3.29. The third-order valence-corrected chi connectivity index (χ3v) is 4.97. The third kappa shape index (κ3) is 2.92. The first-order chi connectivity index (χ1) is 12.1. The molecule has 1 unspecified atom stereocenters. The number of aryl methyl sites for hydroxylation is 1. The summed E-state index contributed by atoms with van der Waals surface area (Å²) in [7, 11) is 1.52. The van der Waals surface area contributed by atoms with Gasteiger partial charge in [-0.2, -0.15) is 5.10 Å². The number of hydrogen-bond donors (Lipinski definition) is 1. The van der Waals surface area contributed by atoms with Crippen LogP contribution in [0.1, 0.15) is 34.4 Å². The van der Waals surface area contributed by atoms with Gasteiger partial charge in [-0.1, -0.05) is 29.5 Å². The lowest BCUT2D eigenvalue weighted by atomic mass is 10.1. The maximum Gasteiger partial charge on any atom is 0.278 e. The van der Waals surface area contributed by atoms with Crippen LogP contribution >= 0.6 is 11.3 Å². The highest BCUT2D eigenvalue weighted by atomic mass is 32.1. The van der Waals surface area contributed by atoms with Crippen LogP contribution in [0.5, 0.6) is 0 Å². The second-order valence-corrected chi connectivity index (χ2v) is 6.73. The van der Waals surface area contributed by atoms with E-state index in [4.69, 9.17) is 4.74 Å². The molecule has 1 amide bonds. The summed E-state index contributed by atoms with van der Waals surface area (Å²) in [5.74, 6) is -0.429. The lowest BCUT2D eigenvalue weighted by Crippen LogP contribution is -2.25. The number of fused-ring (bicyclic) bond motifs is 1. The Morgan fingerprint density at radius 2 is 2.12 bits per heavy atom. The van der Waals surface area contributed by atoms with Crippen LogP contribution in [-0.2, 0) is 11.8 Å². The van der Waals surface area contributed by atoms with Crippen LogP contribution in [0.3, 0.4) is 0 Å². The molecule has 8 nitrogen and oxygen atoms in total. The zero-order chi connectivity index (χ0) is 17.4. The predicted molar refractivity (Wildman–Crippen MR) is 92.8 cm³/mol. The van der Waals surface area contributed by atoms with Gasteiger partial charge >= 0.3 is 0 Å². The summed E-state index contributed by atoms with van der Waals surface area (Å²) in [6.45, 7) is 0.722. The fraction of sp³-hybridized carbons (Fsp3) is 0.312. The molecule has 1 aromatic carbocycles. The number of hydrogen-bond acceptors (Lipinski definition) is 7. The number of anilines is 1. The number of benzene rings is 1. The number of nitrogens with one attached hydrogen (secondary N) is 1. The van der Waals surface area contributed by atoms with E-state index in [2.05, 4.69) is 20.6 Å². The largest absolute Gasteiger partial charge is 0.371 e. The van der Waals surface area contributed by atoms with E-state index in [0.717, 1.165) is 29.1 Å². The van der Waals surface area contributed by atoms with Gasteiger partial charge in [-0.3, -0.25) is 14.9 Å². The van der Waals surface area contributed by atoms with Gasteiger partial charge in [-0.25, -0.2) is 4.68 Å². The van der Waals surface area contributed by atoms with E-state index < -0.39 is 5.91 Å². The highest BCUT2D eigenvalue weighted by Crippen LogP contribution is 2.32. The van der Waals surface area contributed by atoms with Crippen molar-refractivity contribution in [1.82, 2.24) is 20.0 Å². The first-order valence-corrected chi connectivity index (χ1v) is 8.67. The molecule has 1 aliphatic rings. The molecule has 3 aromatic rings. The Morgan fingerprint density at radius 1 is 1.32 bits per heavy atom. The minimum Gasteiger partial charge on any atom is -0.371 e. The molecule has 2 aromatic heterocycles. The maximum atomic E-state index is 12.6. The Bertz CT molecular complexity index is 1010. The minimum absolute atomic E-state index is 0.0420. The normalized spacial score (nSPS) is 17.1. The fourth-order valence-electron chi connectivity index (χ4n) is 2.81. The highest BCUT2D eigenvalue weighted by molar-refractivity contribution is 7.15. The number of carbonyl (C=O) groups excluding carboxylic acids is 1. The maximum absolute atomic E-state index is 12.6. The van der Waals surface area contributed by atoms with Crippen molar-refractivity contribution < 1.29 is 9.53 Å². The van der Waals surface area contributed by atoms with Gasteiger partial charge in [-0.15, -0.1) is 10.2 Å². The molecule has 1 fully saturated rings. The molecule has 4 rings (SSSR count). The molecular formula is C16H15N5O3S. The molecule has 3 heterocycles. The van der Waals surface area contributed by atoms with E-state index in [1.165, 1.54) is 18.4 Å². The van der Waals surface area contributed by atoms with Crippen LogP contribution in [0.2, 0.25) is 0 Å². The van der Waals surface area contributed by atoms with E-state index in [1.54, 1.807) is 24.3 Å². The second-order valence-electron chi connectivity index (χ2n) is 5.72. The topological polar surface area (TPSA) is 99.0 Å². The third-order valence-electron chi connectivity index (χ3n) is 4.04. The van der Waals surface area contributed by atoms with Gasteiger partial charge in [0.2, 0.25) is 5.13 Å². The Hall–Kier alpha value is -2.65. The van der Waals surface area contributed by atoms with Gasteiger partial charge < -0.3 is 4.74 Å². The molecule has 1 N–H and O–H groups in total. The summed E-state index contributed by atoms with van der Waals surface area (Å²) >= 11 is 1.29. The Kier molecular flexibility index (Phi) is 4.02. The van der Waals surface area contributed by atoms with E-state index >= 15 is 0 Å². The van der Waals surface area contributed by atoms with Gasteiger partial charge in [0.05, 0.1) is 5.39 Å². The van der Waals surface area contributed by atoms with Crippen LogP contribution < -0.4 is 10.9 Å². The molecule has 1 saturated heterocycles. The van der Waals surface area contributed by atoms with Gasteiger partial charge in [-0.05, 0) is 18.9 Å². The monoisotopic (exact) mass is 357 g/mol. The number of ether oxygens (including phenoxy) is 1. The zero-order valence-electron chi connectivity index (χ0n) is 13.4. The summed E-state index contributed by atoms with van der Waals surface area (Å²) in [5, 5.41) is 17.0. The molecular weight excluding hydrogens is 342 g/mol. The smallest absolute Gasteiger partial charge is 0.278 e. The SMILES string of the molecule is Cn1nc(C(=O)Nc2nnc(C3CCCO3)s2)c2ccccc2c1=O. The van der Waals surface area contributed by atoms with E-state index in [1.807, 2.05) is 0 Å². The van der Waals surface area contributed by atoms with Crippen molar-refractivity contribution in [1.29, 1.82) is 0 Å². The quantitative estimate of drug-likeness (QED) is 0.768. The van der Waals surface area contributed by atoms with E-state index in [0.29, 0.717) is 15.9 Å². The van der Waals surface area contributed by atoms with Gasteiger partial charge in [0.15, 0.2) is 5.69 Å². The van der Waals surface area contributed by atoms with Gasteiger partial charge in [0.1, 0.15) is 11.1 Å². The molecule has 128 valence electrons. The molecule has 0 aliphatic carbocycles. The summed E-state index contributed by atoms with van der Waals surface area (Å²) < 4.78 is 6.74. The number of aromatic nitrogens is 4. The molecule has 25 heavy (non-hydrogen) atoms. The lowest BCUT2D eigenvalue weighted by Gasteiger charge is -2.07. The highest BCUT2D eigenvalue weighted by Gasteiger charge is 2.23. The molecule has 0 saturated carbocycles. The van der Waals surface area contributed by atoms with Crippen LogP contribution in [-0.4, -0.2) is 32.5 Å². The van der Waals surface area contributed by atoms with Crippen LogP contribution in [0, 0.1) is 0 Å². The molecule has 0 bridgehead atoms. The second kappa shape index (κ2) is 6.34. The number of carbonyl (C=O) groups is 1. The first kappa shape index (κ1) is 15.9. The zero-order valence-corrected chi connectivity index (χ0v) is 14.2. The van der Waals surface area contributed by atoms with Crippen molar-refractivity contribution in [2.24, 2.45) is 7.05 Å². The summed E-state index contributed by atoms with van der Waals surface area (Å²) in [6.07, 6.45) is 1.87. The van der Waals surface area contributed by atoms with Crippen molar-refractivity contribution >= 4 is 33.1 Å². The Morgan fingerprint density at radius 3 is 2.88 bits per heavy atom. The molecule has 1 atom stereocenters. The number of rotatable bonds is 3. The predicted octanol–water partition coefficient (Wildman–Crippen LogP) is 1.89. The molecule has 0 radical (unpaired) electrons. The molecule has 9 heteroatoms. The Labute approximate surface area is 146 Å². The first-order valence-electron chi connectivity index (χ1n) is 7.86. The van der Waals surface area contributed by atoms with E-state index in [-0.39, 0.29) is 17.4 Å². The van der Waals surface area contributed by atoms with E-state index in [9.17, 15) is 9.59 Å². The summed E-state index contributed by atoms with van der Waals surface area (Å²) in [6, 6.07) is 6.90. The Balaban J connectivity index is 1.64. The lowest BCUT2D eigenvalue weighted by molar-refractivity contribution is 0.102.